The number of nitrogens with one attached hydrogen (secondary N) is 1. The maximum Gasteiger partial charge on any atom is 0.239 e. The highest BCUT2D eigenvalue weighted by atomic mass is 19.1. The van der Waals surface area contributed by atoms with E-state index in [1.807, 2.05) is 4.90 Å². The Balaban J connectivity index is 1.98. The molecule has 0 spiro atoms. The van der Waals surface area contributed by atoms with Crippen LogP contribution < -0.4 is 5.32 Å². The maximum atomic E-state index is 13.7. The van der Waals surface area contributed by atoms with Gasteiger partial charge in [0, 0.05) is 14.1 Å². The minimum absolute atomic E-state index is 0.00631. The van der Waals surface area contributed by atoms with Crippen LogP contribution in [-0.4, -0.2) is 54.8 Å². The lowest BCUT2D eigenvalue weighted by atomic mass is 10.2. The molecule has 1 heterocycles. The number of carbonyl (C=O) groups is 2. The summed E-state index contributed by atoms with van der Waals surface area (Å²) in [4.78, 5) is 27.6. The highest BCUT2D eigenvalue weighted by molar-refractivity contribution is 5.93. The second kappa shape index (κ2) is 6.87. The quantitative estimate of drug-likeness (QED) is 0.920. The number of carbonyl (C=O) groups excluding carboxylic acids is 2. The molecule has 5 nitrogen and oxygen atoms in total. The number of likely N-dealkylation sites (N-methyl/N-ethyl adjacent to an activating group) is 1. The monoisotopic (exact) mass is 307 g/mol. The van der Waals surface area contributed by atoms with Gasteiger partial charge in [-0.15, -0.1) is 0 Å². The Bertz CT molecular complexity index is 575. The third kappa shape index (κ3) is 3.82. The number of anilines is 1. The van der Waals surface area contributed by atoms with Crippen LogP contribution in [0.4, 0.5) is 10.1 Å². The summed E-state index contributed by atoms with van der Waals surface area (Å²) >= 11 is 0. The van der Waals surface area contributed by atoms with Gasteiger partial charge in [-0.1, -0.05) is 6.07 Å². The molecule has 0 bridgehead atoms. The fourth-order valence-corrected chi connectivity index (χ4v) is 2.69. The number of likely N-dealkylation sites (tertiary alicyclic amines) is 1. The number of nitrogens with zero attached hydrogens (tertiary/aromatic N) is 2. The van der Waals surface area contributed by atoms with Gasteiger partial charge >= 0.3 is 0 Å². The number of benzene rings is 1. The van der Waals surface area contributed by atoms with Crippen molar-refractivity contribution in [2.75, 3.05) is 32.5 Å². The van der Waals surface area contributed by atoms with Gasteiger partial charge in [-0.2, -0.15) is 0 Å². The van der Waals surface area contributed by atoms with Crippen LogP contribution in [-0.2, 0) is 9.59 Å². The van der Waals surface area contributed by atoms with Gasteiger partial charge in [-0.25, -0.2) is 4.39 Å². The largest absolute Gasteiger partial charge is 0.347 e. The average Bonchev–Trinajstić information content (AvgIpc) is 2.89. The Hall–Kier alpha value is -1.95. The van der Waals surface area contributed by atoms with E-state index in [1.165, 1.54) is 6.07 Å². The molecule has 22 heavy (non-hydrogen) atoms. The standard InChI is InChI=1S/C16H22FN3O2/c1-11-6-7-13(12(17)9-11)18-15(21)10-20-8-4-5-14(20)16(22)19(2)3/h6-7,9,14H,4-5,8,10H2,1-3H3,(H,18,21). The number of amides is 2. The lowest BCUT2D eigenvalue weighted by Crippen LogP contribution is -2.45. The van der Waals surface area contributed by atoms with Gasteiger partial charge in [0.15, 0.2) is 0 Å². The van der Waals surface area contributed by atoms with Gasteiger partial charge in [-0.05, 0) is 44.0 Å². The molecule has 1 atom stereocenters. The van der Waals surface area contributed by atoms with E-state index >= 15 is 0 Å². The molecule has 120 valence electrons. The van der Waals surface area contributed by atoms with Crippen LogP contribution >= 0.6 is 0 Å². The highest BCUT2D eigenvalue weighted by Crippen LogP contribution is 2.19. The van der Waals surface area contributed by atoms with Gasteiger partial charge in [-0.3, -0.25) is 14.5 Å². The number of aryl methyl sites for hydroxylation is 1. The van der Waals surface area contributed by atoms with E-state index in [9.17, 15) is 14.0 Å². The van der Waals surface area contributed by atoms with E-state index in [0.29, 0.717) is 6.54 Å². The fourth-order valence-electron chi connectivity index (χ4n) is 2.69. The first kappa shape index (κ1) is 16.4. The Kier molecular flexibility index (Phi) is 5.13. The van der Waals surface area contributed by atoms with Gasteiger partial charge in [0.2, 0.25) is 11.8 Å². The average molecular weight is 307 g/mol. The van der Waals surface area contributed by atoms with Crippen molar-refractivity contribution >= 4 is 17.5 Å². The zero-order valence-corrected chi connectivity index (χ0v) is 13.2. The summed E-state index contributed by atoms with van der Waals surface area (Å²) in [6.45, 7) is 2.59. The molecule has 6 heteroatoms. The van der Waals surface area contributed by atoms with Crippen molar-refractivity contribution < 1.29 is 14.0 Å². The maximum absolute atomic E-state index is 13.7. The van der Waals surface area contributed by atoms with Crippen LogP contribution in [0.1, 0.15) is 18.4 Å². The van der Waals surface area contributed by atoms with Crippen molar-refractivity contribution in [3.8, 4) is 0 Å². The molecule has 0 radical (unpaired) electrons. The SMILES string of the molecule is Cc1ccc(NC(=O)CN2CCCC2C(=O)N(C)C)c(F)c1. The van der Waals surface area contributed by atoms with Crippen LogP contribution in [0.15, 0.2) is 18.2 Å². The summed E-state index contributed by atoms with van der Waals surface area (Å²) in [6.07, 6.45) is 1.64. The third-order valence-electron chi connectivity index (χ3n) is 3.83. The minimum atomic E-state index is -0.448. The molecule has 1 N–H and O–H groups in total. The number of hydrogen-bond acceptors (Lipinski definition) is 3. The zero-order valence-electron chi connectivity index (χ0n) is 13.2. The first-order chi connectivity index (χ1) is 10.4. The van der Waals surface area contributed by atoms with E-state index in [-0.39, 0.29) is 30.1 Å². The van der Waals surface area contributed by atoms with Crippen LogP contribution in [0.3, 0.4) is 0 Å². The molecular weight excluding hydrogens is 285 g/mol. The molecule has 0 saturated carbocycles. The molecule has 1 aliphatic heterocycles. The van der Waals surface area contributed by atoms with E-state index in [1.54, 1.807) is 38.1 Å². The van der Waals surface area contributed by atoms with E-state index < -0.39 is 5.82 Å². The molecule has 1 fully saturated rings. The van der Waals surface area contributed by atoms with Gasteiger partial charge < -0.3 is 10.2 Å². The number of halogens is 1. The van der Waals surface area contributed by atoms with Crippen molar-refractivity contribution in [3.05, 3.63) is 29.6 Å². The molecule has 1 unspecified atom stereocenters. The van der Waals surface area contributed by atoms with Gasteiger partial charge in [0.05, 0.1) is 18.3 Å². The lowest BCUT2D eigenvalue weighted by Gasteiger charge is -2.25. The normalized spacial score (nSPS) is 18.3. The Morgan fingerprint density at radius 3 is 2.77 bits per heavy atom. The van der Waals surface area contributed by atoms with Crippen LogP contribution in [0, 0.1) is 12.7 Å². The summed E-state index contributed by atoms with van der Waals surface area (Å²) in [5, 5.41) is 2.57. The number of hydrogen-bond donors (Lipinski definition) is 1. The van der Waals surface area contributed by atoms with E-state index in [0.717, 1.165) is 18.4 Å². The zero-order chi connectivity index (χ0) is 16.3. The van der Waals surface area contributed by atoms with Crippen molar-refractivity contribution in [2.45, 2.75) is 25.8 Å². The summed E-state index contributed by atoms with van der Waals surface area (Å²) in [5.41, 5.74) is 0.969. The third-order valence-corrected chi connectivity index (χ3v) is 3.83. The highest BCUT2D eigenvalue weighted by Gasteiger charge is 2.32. The molecule has 1 aliphatic rings. The summed E-state index contributed by atoms with van der Waals surface area (Å²) in [5.74, 6) is -0.747. The predicted octanol–water partition coefficient (Wildman–Crippen LogP) is 1.63. The Morgan fingerprint density at radius 2 is 2.14 bits per heavy atom. The van der Waals surface area contributed by atoms with Crippen molar-refractivity contribution in [3.63, 3.8) is 0 Å². The Labute approximate surface area is 130 Å². The Morgan fingerprint density at radius 1 is 1.41 bits per heavy atom. The fraction of sp³-hybridized carbons (Fsp3) is 0.500. The second-order valence-corrected chi connectivity index (χ2v) is 5.89. The molecule has 1 saturated heterocycles. The molecule has 0 aromatic heterocycles. The summed E-state index contributed by atoms with van der Waals surface area (Å²) in [6, 6.07) is 4.41. The smallest absolute Gasteiger partial charge is 0.239 e. The number of rotatable bonds is 4. The minimum Gasteiger partial charge on any atom is -0.347 e. The molecular formula is C16H22FN3O2. The van der Waals surface area contributed by atoms with Gasteiger partial charge in [0.1, 0.15) is 5.82 Å². The van der Waals surface area contributed by atoms with Crippen LogP contribution in [0.2, 0.25) is 0 Å². The first-order valence-corrected chi connectivity index (χ1v) is 7.39. The van der Waals surface area contributed by atoms with Crippen molar-refractivity contribution in [2.24, 2.45) is 0 Å². The second-order valence-electron chi connectivity index (χ2n) is 5.89. The lowest BCUT2D eigenvalue weighted by molar-refractivity contribution is -0.133. The van der Waals surface area contributed by atoms with Crippen molar-refractivity contribution in [1.82, 2.24) is 9.80 Å². The van der Waals surface area contributed by atoms with Crippen LogP contribution in [0.25, 0.3) is 0 Å². The predicted molar refractivity (Wildman–Crippen MR) is 83.1 cm³/mol. The topological polar surface area (TPSA) is 52.7 Å². The summed E-state index contributed by atoms with van der Waals surface area (Å²) < 4.78 is 13.7. The molecule has 2 amide bonds. The summed E-state index contributed by atoms with van der Waals surface area (Å²) in [7, 11) is 3.42. The van der Waals surface area contributed by atoms with E-state index in [2.05, 4.69) is 5.32 Å². The molecule has 2 rings (SSSR count). The molecule has 0 aliphatic carbocycles. The molecule has 1 aromatic rings. The van der Waals surface area contributed by atoms with Crippen LogP contribution in [0.5, 0.6) is 0 Å². The first-order valence-electron chi connectivity index (χ1n) is 7.39. The molecule has 1 aromatic carbocycles. The van der Waals surface area contributed by atoms with E-state index in [4.69, 9.17) is 0 Å². The van der Waals surface area contributed by atoms with Gasteiger partial charge in [0.25, 0.3) is 0 Å². The van der Waals surface area contributed by atoms with Crippen molar-refractivity contribution in [1.29, 1.82) is 0 Å².